The van der Waals surface area contributed by atoms with Crippen LogP contribution in [0.5, 0.6) is 5.75 Å². The lowest BCUT2D eigenvalue weighted by Crippen LogP contribution is -1.78. The quantitative estimate of drug-likeness (QED) is 0.703. The van der Waals surface area contributed by atoms with Gasteiger partial charge >= 0.3 is 0 Å². The summed E-state index contributed by atoms with van der Waals surface area (Å²) in [6.07, 6.45) is 3.00. The van der Waals surface area contributed by atoms with E-state index >= 15 is 0 Å². The number of aliphatic hydroxyl groups is 1. The number of rotatable bonds is 2. The third kappa shape index (κ3) is 2.36. The van der Waals surface area contributed by atoms with Gasteiger partial charge in [-0.2, -0.15) is 0 Å². The van der Waals surface area contributed by atoms with Crippen molar-refractivity contribution in [3.63, 3.8) is 0 Å². The number of aliphatic hydroxyl groups excluding tert-OH is 1. The van der Waals surface area contributed by atoms with E-state index in [1.54, 1.807) is 0 Å². The Hall–Kier alpha value is -1.35. The average molecular weight is 168 g/mol. The second-order valence-electron chi connectivity index (χ2n) is 2.33. The maximum atomic E-state index is 12.6. The summed E-state index contributed by atoms with van der Waals surface area (Å²) in [6, 6.07) is 3.71. The Labute approximate surface area is 69.6 Å². The lowest BCUT2D eigenvalue weighted by molar-refractivity contribution is 0.343. The van der Waals surface area contributed by atoms with Gasteiger partial charge in [0.15, 0.2) is 0 Å². The lowest BCUT2D eigenvalue weighted by atomic mass is 10.2. The molecule has 2 nitrogen and oxygen atoms in total. The largest absolute Gasteiger partial charge is 0.508 e. The summed E-state index contributed by atoms with van der Waals surface area (Å²) < 4.78 is 12.6. The van der Waals surface area contributed by atoms with Gasteiger partial charge in [0, 0.05) is 6.07 Å². The first-order valence-electron chi connectivity index (χ1n) is 3.49. The molecule has 1 aromatic carbocycles. The zero-order valence-corrected chi connectivity index (χ0v) is 6.37. The molecule has 0 heterocycles. The van der Waals surface area contributed by atoms with Gasteiger partial charge in [-0.05, 0) is 17.7 Å². The van der Waals surface area contributed by atoms with E-state index in [-0.39, 0.29) is 12.4 Å². The van der Waals surface area contributed by atoms with Gasteiger partial charge < -0.3 is 10.2 Å². The standard InChI is InChI=1S/C9H9FO2/c10-8-4-7(2-1-3-11)5-9(12)6-8/h1-2,4-6,11-12H,3H2. The maximum absolute atomic E-state index is 12.6. The monoisotopic (exact) mass is 168 g/mol. The Morgan fingerprint density at radius 1 is 1.33 bits per heavy atom. The smallest absolute Gasteiger partial charge is 0.127 e. The summed E-state index contributed by atoms with van der Waals surface area (Å²) in [6.45, 7) is -0.0999. The van der Waals surface area contributed by atoms with Crippen LogP contribution < -0.4 is 0 Å². The van der Waals surface area contributed by atoms with Crippen molar-refractivity contribution >= 4 is 6.08 Å². The topological polar surface area (TPSA) is 40.5 Å². The van der Waals surface area contributed by atoms with E-state index < -0.39 is 5.82 Å². The third-order valence-electron chi connectivity index (χ3n) is 1.32. The number of phenolic OH excluding ortho intramolecular Hbond substituents is 1. The molecule has 0 saturated carbocycles. The molecule has 0 aromatic heterocycles. The molecule has 0 saturated heterocycles. The number of phenols is 1. The van der Waals surface area contributed by atoms with Crippen molar-refractivity contribution in [2.75, 3.05) is 6.61 Å². The lowest BCUT2D eigenvalue weighted by Gasteiger charge is -1.95. The molecule has 0 fully saturated rings. The Kier molecular flexibility index (Phi) is 2.82. The minimum absolute atomic E-state index is 0.0999. The van der Waals surface area contributed by atoms with Gasteiger partial charge in [0.05, 0.1) is 6.61 Å². The van der Waals surface area contributed by atoms with E-state index in [4.69, 9.17) is 10.2 Å². The zero-order chi connectivity index (χ0) is 8.97. The van der Waals surface area contributed by atoms with Crippen LogP contribution in [0, 0.1) is 5.82 Å². The Morgan fingerprint density at radius 2 is 2.08 bits per heavy atom. The first-order valence-corrected chi connectivity index (χ1v) is 3.49. The normalized spacial score (nSPS) is 10.8. The highest BCUT2D eigenvalue weighted by Crippen LogP contribution is 2.15. The number of benzene rings is 1. The van der Waals surface area contributed by atoms with E-state index in [2.05, 4.69) is 0 Å². The van der Waals surface area contributed by atoms with Gasteiger partial charge in [0.1, 0.15) is 11.6 Å². The molecule has 0 atom stereocenters. The minimum Gasteiger partial charge on any atom is -0.508 e. The second kappa shape index (κ2) is 3.88. The summed E-state index contributed by atoms with van der Waals surface area (Å²) in [5.74, 6) is -0.611. The van der Waals surface area contributed by atoms with Crippen LogP contribution in [0.25, 0.3) is 6.08 Å². The van der Waals surface area contributed by atoms with E-state index in [1.807, 2.05) is 0 Å². The highest BCUT2D eigenvalue weighted by Gasteiger charge is 1.95. The molecule has 1 rings (SSSR count). The molecule has 1 aromatic rings. The van der Waals surface area contributed by atoms with Crippen molar-refractivity contribution in [1.82, 2.24) is 0 Å². The van der Waals surface area contributed by atoms with Gasteiger partial charge in [-0.3, -0.25) is 0 Å². The van der Waals surface area contributed by atoms with Crippen LogP contribution in [0.4, 0.5) is 4.39 Å². The van der Waals surface area contributed by atoms with Crippen LogP contribution in [0.3, 0.4) is 0 Å². The minimum atomic E-state index is -0.493. The molecule has 0 bridgehead atoms. The predicted octanol–water partition coefficient (Wildman–Crippen LogP) is 1.54. The number of hydrogen-bond donors (Lipinski definition) is 2. The van der Waals surface area contributed by atoms with Crippen molar-refractivity contribution in [3.8, 4) is 5.75 Å². The van der Waals surface area contributed by atoms with Crippen LogP contribution in [-0.4, -0.2) is 16.8 Å². The van der Waals surface area contributed by atoms with Crippen molar-refractivity contribution in [1.29, 1.82) is 0 Å². The number of aromatic hydroxyl groups is 1. The van der Waals surface area contributed by atoms with E-state index in [9.17, 15) is 4.39 Å². The first-order chi connectivity index (χ1) is 5.72. The van der Waals surface area contributed by atoms with Crippen LogP contribution >= 0.6 is 0 Å². The van der Waals surface area contributed by atoms with E-state index in [0.29, 0.717) is 5.56 Å². The van der Waals surface area contributed by atoms with Crippen molar-refractivity contribution in [3.05, 3.63) is 35.7 Å². The maximum Gasteiger partial charge on any atom is 0.127 e. The molecule has 0 radical (unpaired) electrons. The number of halogens is 1. The summed E-state index contributed by atoms with van der Waals surface area (Å²) in [7, 11) is 0. The molecule has 0 spiro atoms. The third-order valence-corrected chi connectivity index (χ3v) is 1.32. The first kappa shape index (κ1) is 8.74. The highest BCUT2D eigenvalue weighted by atomic mass is 19.1. The Bertz CT molecular complexity index is 274. The Morgan fingerprint density at radius 3 is 2.67 bits per heavy atom. The molecular weight excluding hydrogens is 159 g/mol. The molecule has 0 unspecified atom stereocenters. The SMILES string of the molecule is OCC=Cc1cc(O)cc(F)c1. The summed E-state index contributed by atoms with van der Waals surface area (Å²) in [5.41, 5.74) is 0.529. The summed E-state index contributed by atoms with van der Waals surface area (Å²) >= 11 is 0. The van der Waals surface area contributed by atoms with Crippen LogP contribution in [0.2, 0.25) is 0 Å². The van der Waals surface area contributed by atoms with Gasteiger partial charge in [0.2, 0.25) is 0 Å². The molecular formula is C9H9FO2. The molecule has 64 valence electrons. The molecule has 0 aliphatic rings. The Balaban J connectivity index is 2.93. The van der Waals surface area contributed by atoms with Crippen molar-refractivity contribution in [2.24, 2.45) is 0 Å². The predicted molar refractivity (Wildman–Crippen MR) is 44.2 cm³/mol. The summed E-state index contributed by atoms with van der Waals surface area (Å²) in [5, 5.41) is 17.4. The summed E-state index contributed by atoms with van der Waals surface area (Å²) in [4.78, 5) is 0. The van der Waals surface area contributed by atoms with Gasteiger partial charge in [0.25, 0.3) is 0 Å². The van der Waals surface area contributed by atoms with Gasteiger partial charge in [-0.1, -0.05) is 12.2 Å². The van der Waals surface area contributed by atoms with Crippen LogP contribution in [0.15, 0.2) is 24.3 Å². The fourth-order valence-corrected chi connectivity index (χ4v) is 0.881. The van der Waals surface area contributed by atoms with E-state index in [0.717, 1.165) is 6.07 Å². The van der Waals surface area contributed by atoms with E-state index in [1.165, 1.54) is 24.3 Å². The molecule has 2 N–H and O–H groups in total. The fraction of sp³-hybridized carbons (Fsp3) is 0.111. The van der Waals surface area contributed by atoms with Crippen LogP contribution in [0.1, 0.15) is 5.56 Å². The fourth-order valence-electron chi connectivity index (χ4n) is 0.881. The zero-order valence-electron chi connectivity index (χ0n) is 6.37. The van der Waals surface area contributed by atoms with Gasteiger partial charge in [-0.15, -0.1) is 0 Å². The molecule has 12 heavy (non-hydrogen) atoms. The number of hydrogen-bond acceptors (Lipinski definition) is 2. The van der Waals surface area contributed by atoms with Crippen molar-refractivity contribution < 1.29 is 14.6 Å². The van der Waals surface area contributed by atoms with Gasteiger partial charge in [-0.25, -0.2) is 4.39 Å². The molecule has 0 aliphatic carbocycles. The van der Waals surface area contributed by atoms with Crippen LogP contribution in [-0.2, 0) is 0 Å². The molecule has 0 amide bonds. The highest BCUT2D eigenvalue weighted by molar-refractivity contribution is 5.51. The average Bonchev–Trinajstić information content (AvgIpc) is 1.99. The molecule has 0 aliphatic heterocycles. The molecule has 3 heteroatoms. The van der Waals surface area contributed by atoms with Crippen molar-refractivity contribution in [2.45, 2.75) is 0 Å². The second-order valence-corrected chi connectivity index (χ2v) is 2.33.